The van der Waals surface area contributed by atoms with E-state index >= 15 is 0 Å². The van der Waals surface area contributed by atoms with Gasteiger partial charge in [0.1, 0.15) is 5.76 Å². The van der Waals surface area contributed by atoms with Gasteiger partial charge in [0.2, 0.25) is 0 Å². The first-order valence-electron chi connectivity index (χ1n) is 7.33. The molecular formula is C17H13N3O5. The minimum Gasteiger partial charge on any atom is -0.454 e. The fraction of sp³-hybridized carbons (Fsp3) is 0.0588. The molecule has 0 spiro atoms. The number of benzene rings is 1. The average Bonchev–Trinajstić information content (AvgIpc) is 3.06. The molecule has 8 nitrogen and oxygen atoms in total. The summed E-state index contributed by atoms with van der Waals surface area (Å²) in [5.41, 5.74) is 0.176. The Morgan fingerprint density at radius 2 is 1.88 bits per heavy atom. The molecule has 0 aliphatic carbocycles. The third-order valence-corrected chi connectivity index (χ3v) is 3.45. The lowest BCUT2D eigenvalue weighted by atomic mass is 10.3. The highest BCUT2D eigenvalue weighted by molar-refractivity contribution is 6.02. The molecule has 0 fully saturated rings. The van der Waals surface area contributed by atoms with Crippen LogP contribution in [0.3, 0.4) is 0 Å². The number of hydrogen-bond donors (Lipinski definition) is 1. The van der Waals surface area contributed by atoms with Crippen molar-refractivity contribution in [2.75, 3.05) is 5.32 Å². The van der Waals surface area contributed by atoms with E-state index in [4.69, 9.17) is 4.42 Å². The number of anilines is 1. The molecule has 0 radical (unpaired) electrons. The zero-order chi connectivity index (χ0) is 17.8. The number of pyridine rings is 1. The molecule has 1 aromatic carbocycles. The van der Waals surface area contributed by atoms with Crippen molar-refractivity contribution in [1.82, 2.24) is 4.57 Å². The first kappa shape index (κ1) is 16.2. The van der Waals surface area contributed by atoms with Crippen LogP contribution in [0.1, 0.15) is 16.3 Å². The van der Waals surface area contributed by atoms with E-state index in [1.807, 2.05) is 0 Å². The second-order valence-electron chi connectivity index (χ2n) is 5.19. The summed E-state index contributed by atoms with van der Waals surface area (Å²) in [6, 6.07) is 13.4. The second-order valence-corrected chi connectivity index (χ2v) is 5.19. The van der Waals surface area contributed by atoms with Crippen molar-refractivity contribution in [3.05, 3.63) is 92.8 Å². The number of hydrogen-bond acceptors (Lipinski definition) is 5. The van der Waals surface area contributed by atoms with Gasteiger partial charge in [0.25, 0.3) is 17.2 Å². The highest BCUT2D eigenvalue weighted by atomic mass is 16.6. The quantitative estimate of drug-likeness (QED) is 0.568. The summed E-state index contributed by atoms with van der Waals surface area (Å²) in [6.07, 6.45) is 1.63. The van der Waals surface area contributed by atoms with Gasteiger partial charge in [0, 0.05) is 30.1 Å². The lowest BCUT2D eigenvalue weighted by Crippen LogP contribution is -2.18. The number of nitro groups is 1. The van der Waals surface area contributed by atoms with Gasteiger partial charge in [-0.1, -0.05) is 6.07 Å². The van der Waals surface area contributed by atoms with Gasteiger partial charge in [-0.05, 0) is 30.3 Å². The van der Waals surface area contributed by atoms with Gasteiger partial charge in [-0.25, -0.2) is 0 Å². The zero-order valence-corrected chi connectivity index (χ0v) is 12.9. The molecule has 1 N–H and O–H groups in total. The van der Waals surface area contributed by atoms with Crippen molar-refractivity contribution in [2.24, 2.45) is 0 Å². The number of furan rings is 1. The van der Waals surface area contributed by atoms with Crippen LogP contribution in [0.25, 0.3) is 0 Å². The van der Waals surface area contributed by atoms with Crippen molar-refractivity contribution >= 4 is 17.3 Å². The molecule has 8 heteroatoms. The lowest BCUT2D eigenvalue weighted by molar-refractivity contribution is -0.384. The first-order chi connectivity index (χ1) is 12.0. The van der Waals surface area contributed by atoms with Crippen molar-refractivity contribution in [2.45, 2.75) is 6.54 Å². The molecule has 1 amide bonds. The number of nitrogens with zero attached hydrogens (tertiary/aromatic N) is 2. The van der Waals surface area contributed by atoms with Gasteiger partial charge in [-0.15, -0.1) is 0 Å². The van der Waals surface area contributed by atoms with Crippen molar-refractivity contribution in [3.8, 4) is 0 Å². The fourth-order valence-corrected chi connectivity index (χ4v) is 2.20. The number of carbonyl (C=O) groups excluding carboxylic acids is 1. The van der Waals surface area contributed by atoms with Crippen LogP contribution in [0.2, 0.25) is 0 Å². The minimum absolute atomic E-state index is 0.0633. The fourth-order valence-electron chi connectivity index (χ4n) is 2.20. The molecule has 0 aliphatic rings. The van der Waals surface area contributed by atoms with Crippen LogP contribution >= 0.6 is 0 Å². The molecule has 0 bridgehead atoms. The predicted molar refractivity (Wildman–Crippen MR) is 89.6 cm³/mol. The Hall–Kier alpha value is -3.68. The van der Waals surface area contributed by atoms with Crippen LogP contribution < -0.4 is 10.9 Å². The Morgan fingerprint density at radius 1 is 1.12 bits per heavy atom. The van der Waals surface area contributed by atoms with Crippen molar-refractivity contribution < 1.29 is 14.1 Å². The maximum absolute atomic E-state index is 12.2. The number of aromatic nitrogens is 1. The number of amides is 1. The Morgan fingerprint density at radius 3 is 2.56 bits per heavy atom. The van der Waals surface area contributed by atoms with Gasteiger partial charge in [-0.3, -0.25) is 19.7 Å². The maximum atomic E-state index is 12.2. The summed E-state index contributed by atoms with van der Waals surface area (Å²) in [5, 5.41) is 13.2. The number of nitro benzene ring substituents is 1. The molecular weight excluding hydrogens is 326 g/mol. The van der Waals surface area contributed by atoms with Crippen LogP contribution in [0.15, 0.2) is 70.0 Å². The van der Waals surface area contributed by atoms with Gasteiger partial charge in [-0.2, -0.15) is 0 Å². The van der Waals surface area contributed by atoms with Crippen LogP contribution in [0.5, 0.6) is 0 Å². The molecule has 2 heterocycles. The summed E-state index contributed by atoms with van der Waals surface area (Å²) in [6.45, 7) is 0.213. The Kier molecular flexibility index (Phi) is 4.42. The summed E-state index contributed by atoms with van der Waals surface area (Å²) in [5.74, 6) is 0.0556. The second kappa shape index (κ2) is 6.83. The SMILES string of the molecule is O=C(Nc1ccc([N+](=O)[O-])cc1)c1ccc(Cn2ccccc2=O)o1. The molecule has 0 aliphatic heterocycles. The minimum atomic E-state index is -0.518. The summed E-state index contributed by atoms with van der Waals surface area (Å²) >= 11 is 0. The van der Waals surface area contributed by atoms with E-state index in [0.29, 0.717) is 11.4 Å². The third-order valence-electron chi connectivity index (χ3n) is 3.45. The summed E-state index contributed by atoms with van der Waals surface area (Å²) in [4.78, 5) is 33.9. The molecule has 0 saturated heterocycles. The number of nitrogens with one attached hydrogen (secondary N) is 1. The summed E-state index contributed by atoms with van der Waals surface area (Å²) in [7, 11) is 0. The number of rotatable bonds is 5. The molecule has 0 unspecified atom stereocenters. The number of carbonyl (C=O) groups is 1. The Bertz CT molecular complexity index is 972. The zero-order valence-electron chi connectivity index (χ0n) is 12.9. The van der Waals surface area contributed by atoms with Crippen LogP contribution in [-0.4, -0.2) is 15.4 Å². The lowest BCUT2D eigenvalue weighted by Gasteiger charge is -2.03. The first-order valence-corrected chi connectivity index (χ1v) is 7.33. The predicted octanol–water partition coefficient (Wildman–Crippen LogP) is 2.65. The van der Waals surface area contributed by atoms with E-state index < -0.39 is 10.8 Å². The van der Waals surface area contributed by atoms with Crippen LogP contribution in [-0.2, 0) is 6.54 Å². The van der Waals surface area contributed by atoms with E-state index in [0.717, 1.165) is 0 Å². The van der Waals surface area contributed by atoms with E-state index in [1.54, 1.807) is 24.4 Å². The van der Waals surface area contributed by atoms with Gasteiger partial charge in [0.05, 0.1) is 11.5 Å². The van der Waals surface area contributed by atoms with Crippen LogP contribution in [0.4, 0.5) is 11.4 Å². The molecule has 0 atom stereocenters. The molecule has 3 rings (SSSR count). The van der Waals surface area contributed by atoms with Crippen LogP contribution in [0, 0.1) is 10.1 Å². The normalized spacial score (nSPS) is 10.4. The van der Waals surface area contributed by atoms with Gasteiger partial charge in [0.15, 0.2) is 5.76 Å². The highest BCUT2D eigenvalue weighted by Crippen LogP contribution is 2.17. The topological polar surface area (TPSA) is 107 Å². The molecule has 126 valence electrons. The molecule has 25 heavy (non-hydrogen) atoms. The molecule has 0 saturated carbocycles. The Balaban J connectivity index is 1.69. The third kappa shape index (κ3) is 3.81. The monoisotopic (exact) mass is 339 g/mol. The van der Waals surface area contributed by atoms with Gasteiger partial charge >= 0.3 is 0 Å². The number of non-ortho nitro benzene ring substituents is 1. The highest BCUT2D eigenvalue weighted by Gasteiger charge is 2.13. The van der Waals surface area contributed by atoms with Crippen molar-refractivity contribution in [3.63, 3.8) is 0 Å². The van der Waals surface area contributed by atoms with E-state index in [-0.39, 0.29) is 23.6 Å². The Labute approximate surface area is 141 Å². The average molecular weight is 339 g/mol. The van der Waals surface area contributed by atoms with E-state index in [2.05, 4.69) is 5.32 Å². The smallest absolute Gasteiger partial charge is 0.291 e. The standard InChI is InChI=1S/C17H13N3O5/c21-16-3-1-2-10-19(16)11-14-8-9-15(25-14)17(22)18-12-4-6-13(7-5-12)20(23)24/h1-10H,11H2,(H,18,22). The largest absolute Gasteiger partial charge is 0.454 e. The van der Waals surface area contributed by atoms with Gasteiger partial charge < -0.3 is 14.3 Å². The molecule has 2 aromatic heterocycles. The summed E-state index contributed by atoms with van der Waals surface area (Å²) < 4.78 is 6.91. The van der Waals surface area contributed by atoms with E-state index in [1.165, 1.54) is 41.0 Å². The molecule has 3 aromatic rings. The maximum Gasteiger partial charge on any atom is 0.291 e. The van der Waals surface area contributed by atoms with E-state index in [9.17, 15) is 19.7 Å². The van der Waals surface area contributed by atoms with Crippen molar-refractivity contribution in [1.29, 1.82) is 0 Å².